The largest absolute Gasteiger partial charge is 0.573 e. The number of alkyl halides is 3. The number of anilines is 1. The Bertz CT molecular complexity index is 1010. The van der Waals surface area contributed by atoms with Crippen LogP contribution in [0.5, 0.6) is 5.75 Å². The fraction of sp³-hybridized carbons (Fsp3) is 0.300. The van der Waals surface area contributed by atoms with Crippen molar-refractivity contribution in [3.05, 3.63) is 60.0 Å². The summed E-state index contributed by atoms with van der Waals surface area (Å²) in [6, 6.07) is 8.54. The maximum absolute atomic E-state index is 12.5. The van der Waals surface area contributed by atoms with Crippen LogP contribution in [0.3, 0.4) is 0 Å². The summed E-state index contributed by atoms with van der Waals surface area (Å²) in [6.07, 6.45) is -1.67. The van der Waals surface area contributed by atoms with Crippen molar-refractivity contribution in [2.24, 2.45) is 0 Å². The molecule has 0 fully saturated rings. The number of rotatable bonds is 5. The molecule has 0 saturated carbocycles. The molecule has 2 aromatic heterocycles. The van der Waals surface area contributed by atoms with Crippen molar-refractivity contribution < 1.29 is 22.7 Å². The second-order valence-corrected chi connectivity index (χ2v) is 7.54. The minimum atomic E-state index is -4.76. The minimum absolute atomic E-state index is 0.0437. The second kappa shape index (κ2) is 8.13. The molecule has 1 N–H and O–H groups in total. The van der Waals surface area contributed by atoms with E-state index in [0.717, 1.165) is 17.8 Å². The Kier molecular flexibility index (Phi) is 5.77. The summed E-state index contributed by atoms with van der Waals surface area (Å²) >= 11 is 0. The fourth-order valence-corrected chi connectivity index (χ4v) is 2.57. The van der Waals surface area contributed by atoms with Gasteiger partial charge in [-0.1, -0.05) is 32.9 Å². The molecule has 0 bridgehead atoms. The van der Waals surface area contributed by atoms with Gasteiger partial charge in [-0.15, -0.1) is 13.2 Å². The third-order valence-corrected chi connectivity index (χ3v) is 4.01. The lowest BCUT2D eigenvalue weighted by Gasteiger charge is -2.13. The SMILES string of the molecule is CC(C)(C)c1cc(NC(=O)Cc2ccc(OC(F)(F)F)cc2)n(-c2ncccn2)n1. The zero-order valence-electron chi connectivity index (χ0n) is 16.6. The predicted molar refractivity (Wildman–Crippen MR) is 103 cm³/mol. The van der Waals surface area contributed by atoms with E-state index in [4.69, 9.17) is 0 Å². The van der Waals surface area contributed by atoms with Gasteiger partial charge in [-0.2, -0.15) is 9.78 Å². The predicted octanol–water partition coefficient (Wildman–Crippen LogP) is 4.04. The summed E-state index contributed by atoms with van der Waals surface area (Å²) in [4.78, 5) is 20.9. The van der Waals surface area contributed by atoms with Crippen LogP contribution in [0.4, 0.5) is 19.0 Å². The van der Waals surface area contributed by atoms with E-state index >= 15 is 0 Å². The molecule has 0 unspecified atom stereocenters. The topological polar surface area (TPSA) is 81.9 Å². The average Bonchev–Trinajstić information content (AvgIpc) is 3.07. The van der Waals surface area contributed by atoms with Crippen molar-refractivity contribution in [1.82, 2.24) is 19.7 Å². The van der Waals surface area contributed by atoms with E-state index in [1.54, 1.807) is 24.5 Å². The van der Waals surface area contributed by atoms with Crippen molar-refractivity contribution in [3.8, 4) is 11.7 Å². The van der Waals surface area contributed by atoms with Gasteiger partial charge in [0.25, 0.3) is 5.95 Å². The molecule has 10 heteroatoms. The van der Waals surface area contributed by atoms with Crippen molar-refractivity contribution >= 4 is 11.7 Å². The molecular formula is C20H20F3N5O2. The highest BCUT2D eigenvalue weighted by atomic mass is 19.4. The van der Waals surface area contributed by atoms with Gasteiger partial charge >= 0.3 is 6.36 Å². The first-order chi connectivity index (χ1) is 14.0. The van der Waals surface area contributed by atoms with Gasteiger partial charge in [-0.3, -0.25) is 4.79 Å². The van der Waals surface area contributed by atoms with Crippen LogP contribution in [0, 0.1) is 0 Å². The number of amides is 1. The fourth-order valence-electron chi connectivity index (χ4n) is 2.57. The zero-order valence-corrected chi connectivity index (χ0v) is 16.6. The number of hydrogen-bond acceptors (Lipinski definition) is 5. The van der Waals surface area contributed by atoms with Crippen molar-refractivity contribution in [2.45, 2.75) is 39.0 Å². The van der Waals surface area contributed by atoms with E-state index in [-0.39, 0.29) is 23.5 Å². The van der Waals surface area contributed by atoms with Crippen LogP contribution in [0.1, 0.15) is 32.0 Å². The maximum Gasteiger partial charge on any atom is 0.573 e. The van der Waals surface area contributed by atoms with Gasteiger partial charge in [-0.05, 0) is 23.8 Å². The Hall–Kier alpha value is -3.43. The van der Waals surface area contributed by atoms with Gasteiger partial charge in [-0.25, -0.2) is 9.97 Å². The van der Waals surface area contributed by atoms with Gasteiger partial charge in [0, 0.05) is 23.9 Å². The van der Waals surface area contributed by atoms with Crippen LogP contribution < -0.4 is 10.1 Å². The molecule has 158 valence electrons. The van der Waals surface area contributed by atoms with Gasteiger partial charge in [0.05, 0.1) is 12.1 Å². The standard InChI is InChI=1S/C20H20F3N5O2/c1-19(2,3)15-12-16(28(27-15)18-24-9-4-10-25-18)26-17(29)11-13-5-7-14(8-6-13)30-20(21,22)23/h4-10,12H,11H2,1-3H3,(H,26,29). The van der Waals surface area contributed by atoms with Crippen molar-refractivity contribution in [1.29, 1.82) is 0 Å². The molecule has 0 aliphatic heterocycles. The Labute approximate surface area is 170 Å². The number of halogens is 3. The van der Waals surface area contributed by atoms with Gasteiger partial charge < -0.3 is 10.1 Å². The number of hydrogen-bond donors (Lipinski definition) is 1. The van der Waals surface area contributed by atoms with Crippen LogP contribution in [-0.2, 0) is 16.6 Å². The number of aromatic nitrogens is 4. The van der Waals surface area contributed by atoms with E-state index in [2.05, 4.69) is 25.1 Å². The number of carbonyl (C=O) groups excluding carboxylic acids is 1. The molecule has 30 heavy (non-hydrogen) atoms. The molecule has 0 aliphatic rings. The first-order valence-corrected chi connectivity index (χ1v) is 9.04. The molecule has 0 atom stereocenters. The van der Waals surface area contributed by atoms with E-state index in [9.17, 15) is 18.0 Å². The molecule has 0 spiro atoms. The second-order valence-electron chi connectivity index (χ2n) is 7.54. The molecule has 1 aromatic carbocycles. The number of nitrogens with one attached hydrogen (secondary N) is 1. The molecule has 3 rings (SSSR count). The molecule has 0 saturated heterocycles. The zero-order chi connectivity index (χ0) is 21.9. The van der Waals surface area contributed by atoms with Gasteiger partial charge in [0.15, 0.2) is 0 Å². The van der Waals surface area contributed by atoms with Gasteiger partial charge in [0.1, 0.15) is 11.6 Å². The Morgan fingerprint density at radius 2 is 1.73 bits per heavy atom. The maximum atomic E-state index is 12.5. The summed E-state index contributed by atoms with van der Waals surface area (Å²) < 4.78 is 42.0. The Morgan fingerprint density at radius 1 is 1.10 bits per heavy atom. The highest BCUT2D eigenvalue weighted by Crippen LogP contribution is 2.26. The monoisotopic (exact) mass is 419 g/mol. The summed E-state index contributed by atoms with van der Waals surface area (Å²) in [7, 11) is 0. The lowest BCUT2D eigenvalue weighted by Crippen LogP contribution is -2.18. The highest BCUT2D eigenvalue weighted by molar-refractivity contribution is 5.91. The van der Waals surface area contributed by atoms with E-state index < -0.39 is 6.36 Å². The van der Waals surface area contributed by atoms with Crippen LogP contribution in [0.15, 0.2) is 48.8 Å². The highest BCUT2D eigenvalue weighted by Gasteiger charge is 2.31. The number of benzene rings is 1. The summed E-state index contributed by atoms with van der Waals surface area (Å²) in [6.45, 7) is 5.96. The van der Waals surface area contributed by atoms with Crippen molar-refractivity contribution in [2.75, 3.05) is 5.32 Å². The minimum Gasteiger partial charge on any atom is -0.406 e. The van der Waals surface area contributed by atoms with E-state index in [1.165, 1.54) is 16.8 Å². The van der Waals surface area contributed by atoms with Crippen LogP contribution in [0.2, 0.25) is 0 Å². The number of ether oxygens (including phenoxy) is 1. The Balaban J connectivity index is 1.77. The summed E-state index contributed by atoms with van der Waals surface area (Å²) in [5.74, 6) is -0.0112. The quantitative estimate of drug-likeness (QED) is 0.675. The Morgan fingerprint density at radius 3 is 2.30 bits per heavy atom. The van der Waals surface area contributed by atoms with Gasteiger partial charge in [0.2, 0.25) is 5.91 Å². The third kappa shape index (κ3) is 5.56. The smallest absolute Gasteiger partial charge is 0.406 e. The average molecular weight is 419 g/mol. The lowest BCUT2D eigenvalue weighted by atomic mass is 9.92. The molecule has 0 radical (unpaired) electrons. The molecule has 0 aliphatic carbocycles. The van der Waals surface area contributed by atoms with Crippen LogP contribution >= 0.6 is 0 Å². The molecule has 2 heterocycles. The molecule has 1 amide bonds. The first kappa shape index (κ1) is 21.3. The number of nitrogens with zero attached hydrogens (tertiary/aromatic N) is 4. The molecular weight excluding hydrogens is 399 g/mol. The number of carbonyl (C=O) groups is 1. The summed E-state index contributed by atoms with van der Waals surface area (Å²) in [5.41, 5.74) is 0.993. The van der Waals surface area contributed by atoms with Crippen LogP contribution in [-0.4, -0.2) is 32.0 Å². The van der Waals surface area contributed by atoms with E-state index in [1.807, 2.05) is 20.8 Å². The lowest BCUT2D eigenvalue weighted by molar-refractivity contribution is -0.274. The summed E-state index contributed by atoms with van der Waals surface area (Å²) in [5, 5.41) is 7.28. The van der Waals surface area contributed by atoms with E-state index in [0.29, 0.717) is 17.3 Å². The van der Waals surface area contributed by atoms with Crippen LogP contribution in [0.25, 0.3) is 5.95 Å². The normalized spacial score (nSPS) is 11.9. The molecule has 3 aromatic rings. The van der Waals surface area contributed by atoms with Crippen molar-refractivity contribution in [3.63, 3.8) is 0 Å². The third-order valence-electron chi connectivity index (χ3n) is 4.01. The first-order valence-electron chi connectivity index (χ1n) is 9.04. The molecule has 7 nitrogen and oxygen atoms in total.